The van der Waals surface area contributed by atoms with Gasteiger partial charge in [-0.1, -0.05) is 60.2 Å². The molecule has 0 N–H and O–H groups in total. The quantitative estimate of drug-likeness (QED) is 0.758. The lowest BCUT2D eigenvalue weighted by atomic mass is 10.1. The van der Waals surface area contributed by atoms with Crippen molar-refractivity contribution in [1.29, 1.82) is 0 Å². The van der Waals surface area contributed by atoms with Crippen molar-refractivity contribution < 1.29 is 0 Å². The van der Waals surface area contributed by atoms with E-state index in [2.05, 4.69) is 73.5 Å². The van der Waals surface area contributed by atoms with Crippen molar-refractivity contribution in [1.82, 2.24) is 4.90 Å². The third-order valence-electron chi connectivity index (χ3n) is 3.53. The number of nitrogens with zero attached hydrogens (tertiary/aromatic N) is 1. The van der Waals surface area contributed by atoms with Crippen molar-refractivity contribution in [2.75, 3.05) is 20.1 Å². The first-order valence-electron chi connectivity index (χ1n) is 7.02. The summed E-state index contributed by atoms with van der Waals surface area (Å²) in [5.41, 5.74) is 4.18. The molecule has 2 aromatic carbocycles. The summed E-state index contributed by atoms with van der Waals surface area (Å²) in [5, 5.41) is 0. The van der Waals surface area contributed by atoms with E-state index >= 15 is 0 Å². The van der Waals surface area contributed by atoms with Crippen LogP contribution in [0, 0.1) is 6.92 Å². The molecule has 0 amide bonds. The van der Waals surface area contributed by atoms with E-state index in [1.807, 2.05) is 0 Å². The van der Waals surface area contributed by atoms with E-state index in [0.29, 0.717) is 0 Å². The van der Waals surface area contributed by atoms with E-state index in [1.54, 1.807) is 0 Å². The minimum Gasteiger partial charge on any atom is -0.306 e. The van der Waals surface area contributed by atoms with Crippen molar-refractivity contribution in [3.63, 3.8) is 0 Å². The first-order valence-corrected chi connectivity index (χ1v) is 7.02. The van der Waals surface area contributed by atoms with Gasteiger partial charge >= 0.3 is 0 Å². The van der Waals surface area contributed by atoms with Crippen molar-refractivity contribution >= 4 is 0 Å². The summed E-state index contributed by atoms with van der Waals surface area (Å²) in [6.45, 7) is 4.38. The Morgan fingerprint density at radius 1 is 0.737 bits per heavy atom. The summed E-state index contributed by atoms with van der Waals surface area (Å²) >= 11 is 0. The lowest BCUT2D eigenvalue weighted by Gasteiger charge is -2.16. The Balaban J connectivity index is 1.72. The maximum Gasteiger partial charge on any atom is 0.00189 e. The molecule has 0 radical (unpaired) electrons. The zero-order valence-electron chi connectivity index (χ0n) is 12.0. The van der Waals surface area contributed by atoms with Crippen molar-refractivity contribution in [3.05, 3.63) is 71.3 Å². The molecule has 0 heterocycles. The third-order valence-corrected chi connectivity index (χ3v) is 3.53. The summed E-state index contributed by atoms with van der Waals surface area (Å²) in [6, 6.07) is 19.6. The molecule has 2 aromatic rings. The van der Waals surface area contributed by atoms with Crippen LogP contribution in [0.15, 0.2) is 54.6 Å². The van der Waals surface area contributed by atoms with Gasteiger partial charge in [0.05, 0.1) is 0 Å². The molecule has 0 spiro atoms. The van der Waals surface area contributed by atoms with E-state index in [-0.39, 0.29) is 0 Å². The van der Waals surface area contributed by atoms with Gasteiger partial charge in [-0.25, -0.2) is 0 Å². The van der Waals surface area contributed by atoms with Crippen LogP contribution in [0.4, 0.5) is 0 Å². The van der Waals surface area contributed by atoms with Crippen LogP contribution in [0.2, 0.25) is 0 Å². The SMILES string of the molecule is Cc1ccc(CCN(C)CCc2ccccc2)cc1. The highest BCUT2D eigenvalue weighted by atomic mass is 15.1. The number of benzene rings is 2. The molecule has 0 aliphatic heterocycles. The summed E-state index contributed by atoms with van der Waals surface area (Å²) in [4.78, 5) is 2.41. The van der Waals surface area contributed by atoms with E-state index in [0.717, 1.165) is 25.9 Å². The number of likely N-dealkylation sites (N-methyl/N-ethyl adjacent to an activating group) is 1. The fraction of sp³-hybridized carbons (Fsp3) is 0.333. The number of aryl methyl sites for hydroxylation is 1. The highest BCUT2D eigenvalue weighted by molar-refractivity contribution is 5.21. The molecule has 0 fully saturated rings. The molecule has 1 heteroatoms. The van der Waals surface area contributed by atoms with Gasteiger partial charge in [-0.15, -0.1) is 0 Å². The standard InChI is InChI=1S/C18H23N/c1-16-8-10-18(11-9-16)13-15-19(2)14-12-17-6-4-3-5-7-17/h3-11H,12-15H2,1-2H3. The van der Waals surface area contributed by atoms with Gasteiger partial charge < -0.3 is 4.90 Å². The lowest BCUT2D eigenvalue weighted by Crippen LogP contribution is -2.23. The van der Waals surface area contributed by atoms with E-state index in [1.165, 1.54) is 16.7 Å². The summed E-state index contributed by atoms with van der Waals surface area (Å²) < 4.78 is 0. The van der Waals surface area contributed by atoms with Crippen LogP contribution < -0.4 is 0 Å². The summed E-state index contributed by atoms with van der Waals surface area (Å²) in [5.74, 6) is 0. The summed E-state index contributed by atoms with van der Waals surface area (Å²) in [7, 11) is 2.21. The van der Waals surface area contributed by atoms with Crippen LogP contribution in [0.25, 0.3) is 0 Å². The second-order valence-electron chi connectivity index (χ2n) is 5.27. The largest absolute Gasteiger partial charge is 0.306 e. The topological polar surface area (TPSA) is 3.24 Å². The molecule has 0 aliphatic rings. The maximum atomic E-state index is 2.41. The molecule has 0 saturated carbocycles. The van der Waals surface area contributed by atoms with Gasteiger partial charge in [0.25, 0.3) is 0 Å². The third kappa shape index (κ3) is 4.88. The molecule has 1 nitrogen and oxygen atoms in total. The van der Waals surface area contributed by atoms with Gasteiger partial charge in [-0.3, -0.25) is 0 Å². The zero-order valence-corrected chi connectivity index (χ0v) is 12.0. The Hall–Kier alpha value is -1.60. The number of hydrogen-bond donors (Lipinski definition) is 0. The van der Waals surface area contributed by atoms with Crippen LogP contribution in [0.1, 0.15) is 16.7 Å². The molecule has 0 bridgehead atoms. The molecule has 100 valence electrons. The van der Waals surface area contributed by atoms with Crippen LogP contribution in [0.5, 0.6) is 0 Å². The van der Waals surface area contributed by atoms with Gasteiger partial charge in [0.15, 0.2) is 0 Å². The number of rotatable bonds is 6. The van der Waals surface area contributed by atoms with E-state index < -0.39 is 0 Å². The minimum absolute atomic E-state index is 1.12. The van der Waals surface area contributed by atoms with Gasteiger partial charge in [-0.05, 0) is 37.9 Å². The van der Waals surface area contributed by atoms with Gasteiger partial charge in [-0.2, -0.15) is 0 Å². The Morgan fingerprint density at radius 2 is 1.26 bits per heavy atom. The van der Waals surface area contributed by atoms with E-state index in [4.69, 9.17) is 0 Å². The van der Waals surface area contributed by atoms with Crippen molar-refractivity contribution in [3.8, 4) is 0 Å². The van der Waals surface area contributed by atoms with Crippen LogP contribution in [-0.4, -0.2) is 25.0 Å². The second-order valence-corrected chi connectivity index (χ2v) is 5.27. The Kier molecular flexibility index (Phi) is 5.17. The molecule has 2 rings (SSSR count). The molecule has 0 unspecified atom stereocenters. The Labute approximate surface area is 116 Å². The molecular weight excluding hydrogens is 230 g/mol. The molecule has 0 atom stereocenters. The summed E-state index contributed by atoms with van der Waals surface area (Å²) in [6.07, 6.45) is 2.26. The Morgan fingerprint density at radius 3 is 1.84 bits per heavy atom. The van der Waals surface area contributed by atoms with Crippen LogP contribution in [0.3, 0.4) is 0 Å². The number of hydrogen-bond acceptors (Lipinski definition) is 1. The predicted octanol–water partition coefficient (Wildman–Crippen LogP) is 3.71. The minimum atomic E-state index is 1.12. The second kappa shape index (κ2) is 7.10. The zero-order chi connectivity index (χ0) is 13.5. The van der Waals surface area contributed by atoms with Crippen LogP contribution >= 0.6 is 0 Å². The average Bonchev–Trinajstić information content (AvgIpc) is 2.45. The van der Waals surface area contributed by atoms with Gasteiger partial charge in [0.1, 0.15) is 0 Å². The monoisotopic (exact) mass is 253 g/mol. The molecular formula is C18H23N. The smallest absolute Gasteiger partial charge is 0.00189 e. The van der Waals surface area contributed by atoms with Gasteiger partial charge in [0.2, 0.25) is 0 Å². The van der Waals surface area contributed by atoms with Crippen molar-refractivity contribution in [2.24, 2.45) is 0 Å². The molecule has 0 aliphatic carbocycles. The highest BCUT2D eigenvalue weighted by Crippen LogP contribution is 2.05. The fourth-order valence-electron chi connectivity index (χ4n) is 2.15. The fourth-order valence-corrected chi connectivity index (χ4v) is 2.15. The van der Waals surface area contributed by atoms with Crippen LogP contribution in [-0.2, 0) is 12.8 Å². The van der Waals surface area contributed by atoms with Crippen molar-refractivity contribution in [2.45, 2.75) is 19.8 Å². The lowest BCUT2D eigenvalue weighted by molar-refractivity contribution is 0.343. The molecule has 19 heavy (non-hydrogen) atoms. The first kappa shape index (κ1) is 13.8. The Bertz CT molecular complexity index is 473. The molecule has 0 aromatic heterocycles. The maximum absolute atomic E-state index is 2.41. The highest BCUT2D eigenvalue weighted by Gasteiger charge is 2.00. The predicted molar refractivity (Wildman–Crippen MR) is 82.5 cm³/mol. The van der Waals surface area contributed by atoms with Gasteiger partial charge in [0, 0.05) is 13.1 Å². The molecule has 0 saturated heterocycles. The normalized spacial score (nSPS) is 10.9. The van der Waals surface area contributed by atoms with E-state index in [9.17, 15) is 0 Å². The average molecular weight is 253 g/mol. The first-order chi connectivity index (χ1) is 9.24.